The number of hydrogen-bond acceptors (Lipinski definition) is 4. The topological polar surface area (TPSA) is 75.3 Å². The number of para-hydroxylation sites is 1. The molecule has 1 aromatic carbocycles. The van der Waals surface area contributed by atoms with Crippen LogP contribution in [0.1, 0.15) is 24.5 Å². The Labute approximate surface area is 119 Å². The van der Waals surface area contributed by atoms with Gasteiger partial charge in [-0.2, -0.15) is 0 Å². The SMILES string of the molecule is CC(C(=O)NCc1cccc2c1NCCC2)S(C)(=O)=O. The number of hydrogen-bond donors (Lipinski definition) is 2. The van der Waals surface area contributed by atoms with E-state index in [0.29, 0.717) is 6.54 Å². The summed E-state index contributed by atoms with van der Waals surface area (Å²) < 4.78 is 22.7. The van der Waals surface area contributed by atoms with Crippen LogP contribution in [0.25, 0.3) is 0 Å². The van der Waals surface area contributed by atoms with E-state index >= 15 is 0 Å². The Bertz CT molecular complexity index is 611. The summed E-state index contributed by atoms with van der Waals surface area (Å²) in [4.78, 5) is 11.8. The van der Waals surface area contributed by atoms with Crippen LogP contribution in [0.4, 0.5) is 5.69 Å². The van der Waals surface area contributed by atoms with Crippen LogP contribution >= 0.6 is 0 Å². The van der Waals surface area contributed by atoms with Gasteiger partial charge >= 0.3 is 0 Å². The number of nitrogens with one attached hydrogen (secondary N) is 2. The highest BCUT2D eigenvalue weighted by molar-refractivity contribution is 7.92. The number of rotatable bonds is 4. The summed E-state index contributed by atoms with van der Waals surface area (Å²) in [6, 6.07) is 5.99. The molecule has 1 amide bonds. The maximum absolute atomic E-state index is 11.8. The quantitative estimate of drug-likeness (QED) is 0.872. The van der Waals surface area contributed by atoms with E-state index in [0.717, 1.165) is 36.9 Å². The highest BCUT2D eigenvalue weighted by Gasteiger charge is 2.23. The standard InChI is InChI=1S/C14H20N2O3S/c1-10(20(2,18)19)14(17)16-9-12-6-3-5-11-7-4-8-15-13(11)12/h3,5-6,10,15H,4,7-9H2,1-2H3,(H,16,17). The summed E-state index contributed by atoms with van der Waals surface area (Å²) in [5, 5.41) is 5.02. The zero-order valence-electron chi connectivity index (χ0n) is 11.8. The lowest BCUT2D eigenvalue weighted by Crippen LogP contribution is -2.37. The fourth-order valence-electron chi connectivity index (χ4n) is 2.25. The third kappa shape index (κ3) is 3.30. The molecular formula is C14H20N2O3S. The summed E-state index contributed by atoms with van der Waals surface area (Å²) in [5.41, 5.74) is 3.32. The second-order valence-corrected chi connectivity index (χ2v) is 7.54. The van der Waals surface area contributed by atoms with Crippen molar-refractivity contribution >= 4 is 21.4 Å². The number of carbonyl (C=O) groups is 1. The van der Waals surface area contributed by atoms with E-state index in [1.54, 1.807) is 0 Å². The Balaban J connectivity index is 2.07. The van der Waals surface area contributed by atoms with Crippen molar-refractivity contribution in [3.63, 3.8) is 0 Å². The first kappa shape index (κ1) is 14.8. The smallest absolute Gasteiger partial charge is 0.238 e. The number of aryl methyl sites for hydroxylation is 1. The molecule has 0 aromatic heterocycles. The largest absolute Gasteiger partial charge is 0.385 e. The molecular weight excluding hydrogens is 276 g/mol. The molecule has 0 saturated carbocycles. The molecule has 0 saturated heterocycles. The fourth-order valence-corrected chi connectivity index (χ4v) is 2.72. The minimum absolute atomic E-state index is 0.342. The average Bonchev–Trinajstić information content (AvgIpc) is 2.42. The molecule has 5 nitrogen and oxygen atoms in total. The van der Waals surface area contributed by atoms with Crippen LogP contribution in [0, 0.1) is 0 Å². The number of anilines is 1. The van der Waals surface area contributed by atoms with Crippen LogP contribution in [0.2, 0.25) is 0 Å². The van der Waals surface area contributed by atoms with Crippen molar-refractivity contribution in [1.29, 1.82) is 0 Å². The van der Waals surface area contributed by atoms with E-state index in [2.05, 4.69) is 16.7 Å². The number of sulfone groups is 1. The summed E-state index contributed by atoms with van der Waals surface area (Å²) >= 11 is 0. The minimum Gasteiger partial charge on any atom is -0.385 e. The van der Waals surface area contributed by atoms with Crippen LogP contribution in [-0.2, 0) is 27.6 Å². The van der Waals surface area contributed by atoms with E-state index in [-0.39, 0.29) is 0 Å². The zero-order chi connectivity index (χ0) is 14.8. The Morgan fingerprint density at radius 3 is 2.90 bits per heavy atom. The normalized spacial score (nSPS) is 15.9. The first-order chi connectivity index (χ1) is 9.39. The highest BCUT2D eigenvalue weighted by atomic mass is 32.2. The zero-order valence-corrected chi connectivity index (χ0v) is 12.6. The molecule has 110 valence electrons. The second-order valence-electron chi connectivity index (χ2n) is 5.17. The van der Waals surface area contributed by atoms with Crippen LogP contribution < -0.4 is 10.6 Å². The molecule has 1 aliphatic heterocycles. The van der Waals surface area contributed by atoms with Gasteiger partial charge < -0.3 is 10.6 Å². The van der Waals surface area contributed by atoms with Crippen molar-refractivity contribution in [2.24, 2.45) is 0 Å². The molecule has 1 heterocycles. The Hall–Kier alpha value is -1.56. The van der Waals surface area contributed by atoms with E-state index in [9.17, 15) is 13.2 Å². The van der Waals surface area contributed by atoms with Gasteiger partial charge in [0.2, 0.25) is 5.91 Å². The Morgan fingerprint density at radius 1 is 1.45 bits per heavy atom. The molecule has 1 aliphatic rings. The molecule has 0 aliphatic carbocycles. The fraction of sp³-hybridized carbons (Fsp3) is 0.500. The third-order valence-corrected chi connectivity index (χ3v) is 5.12. The van der Waals surface area contributed by atoms with Gasteiger partial charge in [0.15, 0.2) is 9.84 Å². The van der Waals surface area contributed by atoms with E-state index in [4.69, 9.17) is 0 Å². The number of amides is 1. The molecule has 6 heteroatoms. The van der Waals surface area contributed by atoms with Crippen molar-refractivity contribution in [3.05, 3.63) is 29.3 Å². The molecule has 1 aromatic rings. The summed E-state index contributed by atoms with van der Waals surface area (Å²) in [5.74, 6) is -0.457. The predicted octanol–water partition coefficient (Wildman–Crippen LogP) is 1.09. The van der Waals surface area contributed by atoms with Gasteiger partial charge in [0.05, 0.1) is 0 Å². The molecule has 0 spiro atoms. The van der Waals surface area contributed by atoms with Gasteiger partial charge in [0, 0.05) is 25.0 Å². The molecule has 0 radical (unpaired) electrons. The van der Waals surface area contributed by atoms with Gasteiger partial charge in [0.25, 0.3) is 0 Å². The maximum atomic E-state index is 11.8. The van der Waals surface area contributed by atoms with Gasteiger partial charge in [-0.25, -0.2) is 8.42 Å². The maximum Gasteiger partial charge on any atom is 0.238 e. The van der Waals surface area contributed by atoms with E-state index in [1.165, 1.54) is 12.5 Å². The van der Waals surface area contributed by atoms with Gasteiger partial charge in [-0.15, -0.1) is 0 Å². The summed E-state index contributed by atoms with van der Waals surface area (Å²) in [6.07, 6.45) is 3.21. The molecule has 2 rings (SSSR count). The lowest BCUT2D eigenvalue weighted by Gasteiger charge is -2.21. The van der Waals surface area contributed by atoms with Gasteiger partial charge in [-0.1, -0.05) is 18.2 Å². The monoisotopic (exact) mass is 296 g/mol. The third-order valence-electron chi connectivity index (χ3n) is 3.63. The Kier molecular flexibility index (Phi) is 4.32. The van der Waals surface area contributed by atoms with Gasteiger partial charge in [-0.05, 0) is 30.9 Å². The van der Waals surface area contributed by atoms with Crippen molar-refractivity contribution in [3.8, 4) is 0 Å². The molecule has 1 atom stereocenters. The van der Waals surface area contributed by atoms with Crippen LogP contribution in [0.3, 0.4) is 0 Å². The summed E-state index contributed by atoms with van der Waals surface area (Å²) in [7, 11) is -3.35. The van der Waals surface area contributed by atoms with Crippen molar-refractivity contribution < 1.29 is 13.2 Å². The highest BCUT2D eigenvalue weighted by Crippen LogP contribution is 2.25. The van der Waals surface area contributed by atoms with Crippen molar-refractivity contribution in [2.75, 3.05) is 18.1 Å². The predicted molar refractivity (Wildman–Crippen MR) is 79.4 cm³/mol. The van der Waals surface area contributed by atoms with Crippen LogP contribution in [-0.4, -0.2) is 32.4 Å². The average molecular weight is 296 g/mol. The Morgan fingerprint density at radius 2 is 2.20 bits per heavy atom. The van der Waals surface area contributed by atoms with Gasteiger partial charge in [-0.3, -0.25) is 4.79 Å². The summed E-state index contributed by atoms with van der Waals surface area (Å²) in [6.45, 7) is 2.68. The van der Waals surface area contributed by atoms with Gasteiger partial charge in [0.1, 0.15) is 5.25 Å². The first-order valence-corrected chi connectivity index (χ1v) is 8.66. The second kappa shape index (κ2) is 5.83. The molecule has 1 unspecified atom stereocenters. The molecule has 0 fully saturated rings. The molecule has 0 bridgehead atoms. The first-order valence-electron chi connectivity index (χ1n) is 6.71. The molecule has 20 heavy (non-hydrogen) atoms. The lowest BCUT2D eigenvalue weighted by atomic mass is 9.99. The molecule has 2 N–H and O–H groups in total. The van der Waals surface area contributed by atoms with E-state index in [1.807, 2.05) is 12.1 Å². The number of benzene rings is 1. The van der Waals surface area contributed by atoms with Crippen molar-refractivity contribution in [1.82, 2.24) is 5.32 Å². The van der Waals surface area contributed by atoms with Crippen LogP contribution in [0.15, 0.2) is 18.2 Å². The van der Waals surface area contributed by atoms with Crippen molar-refractivity contribution in [2.45, 2.75) is 31.6 Å². The number of fused-ring (bicyclic) bond motifs is 1. The number of carbonyl (C=O) groups excluding carboxylic acids is 1. The lowest BCUT2D eigenvalue weighted by molar-refractivity contribution is -0.120. The minimum atomic E-state index is -3.35. The van der Waals surface area contributed by atoms with Crippen LogP contribution in [0.5, 0.6) is 0 Å². The van der Waals surface area contributed by atoms with E-state index < -0.39 is 21.0 Å².